The molecule has 0 rings (SSSR count). The van der Waals surface area contributed by atoms with Gasteiger partial charge in [0.05, 0.1) is 33.0 Å². The van der Waals surface area contributed by atoms with Gasteiger partial charge >= 0.3 is 18.0 Å². The fourth-order valence-electron chi connectivity index (χ4n) is 1.90. The first kappa shape index (κ1) is 33.3. The molecule has 0 spiro atoms. The SMILES string of the molecule is C=CC(=O)OCCOCC(COCCCOOC(F)(F)/C(F)=C(F)/C(F)=C/F)OCCOC(=O)C=C. The molecule has 0 aliphatic carbocycles. The van der Waals surface area contributed by atoms with Gasteiger partial charge in [-0.3, -0.25) is 0 Å². The van der Waals surface area contributed by atoms with Crippen molar-refractivity contribution in [3.8, 4) is 0 Å². The topological polar surface area (TPSA) is 98.8 Å². The second-order valence-corrected chi connectivity index (χ2v) is 6.25. The number of allylic oxidation sites excluding steroid dienone is 2. The van der Waals surface area contributed by atoms with Gasteiger partial charge in [-0.15, -0.1) is 0 Å². The summed E-state index contributed by atoms with van der Waals surface area (Å²) in [4.78, 5) is 29.4. The molecule has 0 aliphatic heterocycles. The van der Waals surface area contributed by atoms with Gasteiger partial charge in [0, 0.05) is 18.8 Å². The van der Waals surface area contributed by atoms with Crippen LogP contribution in [0.5, 0.6) is 0 Å². The van der Waals surface area contributed by atoms with Crippen LogP contribution >= 0.6 is 0 Å². The molecule has 0 saturated heterocycles. The predicted octanol–water partition coefficient (Wildman–Crippen LogP) is 3.73. The van der Waals surface area contributed by atoms with E-state index in [0.717, 1.165) is 12.2 Å². The third-order valence-electron chi connectivity index (χ3n) is 3.53. The molecule has 36 heavy (non-hydrogen) atoms. The zero-order chi connectivity index (χ0) is 27.4. The number of carbonyl (C=O) groups is 2. The molecule has 9 nitrogen and oxygen atoms in total. The van der Waals surface area contributed by atoms with Crippen LogP contribution in [0.4, 0.5) is 26.3 Å². The van der Waals surface area contributed by atoms with Crippen molar-refractivity contribution in [2.75, 3.05) is 52.9 Å². The van der Waals surface area contributed by atoms with E-state index < -0.39 is 54.6 Å². The number of alkyl halides is 2. The molecule has 0 fully saturated rings. The first-order chi connectivity index (χ1) is 17.1. The Labute approximate surface area is 202 Å². The molecule has 0 N–H and O–H groups in total. The van der Waals surface area contributed by atoms with Gasteiger partial charge in [0.2, 0.25) is 11.7 Å². The van der Waals surface area contributed by atoms with Gasteiger partial charge in [-0.2, -0.15) is 18.1 Å². The predicted molar refractivity (Wildman–Crippen MR) is 110 cm³/mol. The van der Waals surface area contributed by atoms with Crippen LogP contribution in [0.1, 0.15) is 6.42 Å². The Balaban J connectivity index is 4.37. The molecule has 0 heterocycles. The van der Waals surface area contributed by atoms with Gasteiger partial charge in [-0.1, -0.05) is 13.2 Å². The summed E-state index contributed by atoms with van der Waals surface area (Å²) in [5.41, 5.74) is 0. The van der Waals surface area contributed by atoms with Crippen molar-refractivity contribution in [2.24, 2.45) is 0 Å². The number of esters is 2. The minimum absolute atomic E-state index is 0.0199. The van der Waals surface area contributed by atoms with Gasteiger partial charge < -0.3 is 23.7 Å². The second kappa shape index (κ2) is 19.5. The van der Waals surface area contributed by atoms with Crippen LogP contribution in [-0.4, -0.2) is 77.0 Å². The maximum atomic E-state index is 13.2. The molecule has 0 bridgehead atoms. The van der Waals surface area contributed by atoms with E-state index >= 15 is 0 Å². The number of hydrogen-bond acceptors (Lipinski definition) is 9. The van der Waals surface area contributed by atoms with Crippen LogP contribution < -0.4 is 0 Å². The van der Waals surface area contributed by atoms with Crippen molar-refractivity contribution in [3.63, 3.8) is 0 Å². The summed E-state index contributed by atoms with van der Waals surface area (Å²) in [6.45, 7) is 5.58. The van der Waals surface area contributed by atoms with Crippen LogP contribution in [0.25, 0.3) is 0 Å². The van der Waals surface area contributed by atoms with E-state index in [1.807, 2.05) is 0 Å². The molecule has 0 amide bonds. The third-order valence-corrected chi connectivity index (χ3v) is 3.53. The Morgan fingerprint density at radius 2 is 1.39 bits per heavy atom. The summed E-state index contributed by atoms with van der Waals surface area (Å²) < 4.78 is 102. The quantitative estimate of drug-likeness (QED) is 0.0414. The van der Waals surface area contributed by atoms with Gasteiger partial charge in [0.1, 0.15) is 25.6 Å². The summed E-state index contributed by atoms with van der Waals surface area (Å²) >= 11 is 0. The van der Waals surface area contributed by atoms with E-state index in [-0.39, 0.29) is 52.7 Å². The molecule has 206 valence electrons. The average molecular weight is 536 g/mol. The van der Waals surface area contributed by atoms with E-state index in [9.17, 15) is 35.9 Å². The molecule has 15 heteroatoms. The molecule has 0 aliphatic rings. The molecule has 0 aromatic heterocycles. The van der Waals surface area contributed by atoms with Crippen molar-refractivity contribution >= 4 is 11.9 Å². The summed E-state index contributed by atoms with van der Waals surface area (Å²) in [5.74, 6) is -9.55. The lowest BCUT2D eigenvalue weighted by Crippen LogP contribution is -2.29. The van der Waals surface area contributed by atoms with Crippen molar-refractivity contribution in [1.82, 2.24) is 0 Å². The van der Waals surface area contributed by atoms with Gasteiger partial charge in [-0.05, 0) is 6.42 Å². The molecule has 0 saturated carbocycles. The lowest BCUT2D eigenvalue weighted by atomic mass is 10.4. The van der Waals surface area contributed by atoms with Crippen LogP contribution in [0.2, 0.25) is 0 Å². The lowest BCUT2D eigenvalue weighted by Gasteiger charge is -2.18. The van der Waals surface area contributed by atoms with Crippen molar-refractivity contribution in [2.45, 2.75) is 18.6 Å². The minimum Gasteiger partial charge on any atom is -0.460 e. The largest absolute Gasteiger partial charge is 0.460 e. The van der Waals surface area contributed by atoms with Gasteiger partial charge in [0.25, 0.3) is 0 Å². The maximum absolute atomic E-state index is 13.2. The van der Waals surface area contributed by atoms with Crippen LogP contribution in [0, 0.1) is 0 Å². The Hall–Kier alpha value is -2.72. The van der Waals surface area contributed by atoms with Crippen LogP contribution in [-0.2, 0) is 43.0 Å². The summed E-state index contributed by atoms with van der Waals surface area (Å²) in [7, 11) is 0. The van der Waals surface area contributed by atoms with Crippen molar-refractivity contribution in [3.05, 3.63) is 49.1 Å². The van der Waals surface area contributed by atoms with E-state index in [1.54, 1.807) is 0 Å². The standard InChI is InChI=1S/C21H26F6O9/c1-3-17(28)33-9-8-31-14-15(32-10-11-34-18(29)4-2)13-30-6-5-7-35-36-21(26,27)20(25)19(24)16(23)12-22/h3-4,12,15H,1-2,5-11,13-14H2/b16-12-,20-19+. The van der Waals surface area contributed by atoms with E-state index in [2.05, 4.69) is 22.9 Å². The van der Waals surface area contributed by atoms with Crippen molar-refractivity contribution in [1.29, 1.82) is 0 Å². The number of halogens is 6. The van der Waals surface area contributed by atoms with Crippen molar-refractivity contribution < 1.29 is 69.4 Å². The first-order valence-electron chi connectivity index (χ1n) is 10.1. The summed E-state index contributed by atoms with van der Waals surface area (Å²) in [5, 5.41) is 0. The normalized spacial score (nSPS) is 13.6. The Bertz CT molecular complexity index is 758. The Morgan fingerprint density at radius 1 is 0.833 bits per heavy atom. The molecule has 0 radical (unpaired) electrons. The third kappa shape index (κ3) is 15.3. The highest BCUT2D eigenvalue weighted by Gasteiger charge is 2.42. The molecule has 1 atom stereocenters. The zero-order valence-corrected chi connectivity index (χ0v) is 19.0. The van der Waals surface area contributed by atoms with Crippen LogP contribution in [0.15, 0.2) is 49.1 Å². The number of rotatable bonds is 21. The van der Waals surface area contributed by atoms with Gasteiger partial charge in [0.15, 0.2) is 5.83 Å². The second-order valence-electron chi connectivity index (χ2n) is 6.25. The maximum Gasteiger partial charge on any atom is 0.437 e. The highest BCUT2D eigenvalue weighted by atomic mass is 19.3. The number of hydrogen-bond donors (Lipinski definition) is 0. The van der Waals surface area contributed by atoms with Crippen LogP contribution in [0.3, 0.4) is 0 Å². The lowest BCUT2D eigenvalue weighted by molar-refractivity contribution is -0.429. The van der Waals surface area contributed by atoms with Gasteiger partial charge in [-0.25, -0.2) is 27.6 Å². The first-order valence-corrected chi connectivity index (χ1v) is 10.1. The monoisotopic (exact) mass is 536 g/mol. The van der Waals surface area contributed by atoms with E-state index in [1.165, 1.54) is 0 Å². The molecule has 1 unspecified atom stereocenters. The molecule has 0 aromatic carbocycles. The summed E-state index contributed by atoms with van der Waals surface area (Å²) in [6, 6.07) is 0. The highest BCUT2D eigenvalue weighted by Crippen LogP contribution is 2.33. The minimum atomic E-state index is -5.00. The zero-order valence-electron chi connectivity index (χ0n) is 19.0. The molecule has 0 aromatic rings. The molecular weight excluding hydrogens is 510 g/mol. The van der Waals surface area contributed by atoms with E-state index in [4.69, 9.17) is 23.7 Å². The van der Waals surface area contributed by atoms with E-state index in [0.29, 0.717) is 0 Å². The smallest absolute Gasteiger partial charge is 0.437 e. The summed E-state index contributed by atoms with van der Waals surface area (Å²) in [6.07, 6.45) is -4.84. The number of ether oxygens (including phenoxy) is 5. The fraction of sp³-hybridized carbons (Fsp3) is 0.524. The highest BCUT2D eigenvalue weighted by molar-refractivity contribution is 5.81. The fourth-order valence-corrected chi connectivity index (χ4v) is 1.90. The Kier molecular flexibility index (Phi) is 18.0. The average Bonchev–Trinajstić information content (AvgIpc) is 2.87. The molecular formula is C21H26F6O9. The number of carbonyl (C=O) groups excluding carboxylic acids is 2. The Morgan fingerprint density at radius 3 is 1.94 bits per heavy atom.